The molecule has 0 saturated carbocycles. The summed E-state index contributed by atoms with van der Waals surface area (Å²) in [5.41, 5.74) is 0.737. The van der Waals surface area contributed by atoms with E-state index in [1.807, 2.05) is 55.5 Å². The number of rotatable bonds is 4. The molecule has 0 unspecified atom stereocenters. The van der Waals surface area contributed by atoms with Crippen LogP contribution in [0.25, 0.3) is 0 Å². The van der Waals surface area contributed by atoms with Gasteiger partial charge in [0, 0.05) is 10.6 Å². The Bertz CT molecular complexity index is 801. The van der Waals surface area contributed by atoms with E-state index in [4.69, 9.17) is 16.3 Å². The van der Waals surface area contributed by atoms with Crippen molar-refractivity contribution >= 4 is 23.1 Å². The summed E-state index contributed by atoms with van der Waals surface area (Å²) < 4.78 is 7.83. The van der Waals surface area contributed by atoms with Gasteiger partial charge in [-0.3, -0.25) is 4.58 Å². The standard InChI is InChI=1S/C20H22ClN2O2/c1-2-25-18-11-9-17(10-12-18)23-19-4-3-13-22(19)14-20(23,24)15-5-7-16(21)8-6-15/h5-12,24H,2-4,13-14H2,1H3/q+1/t20-/m1/s1. The van der Waals surface area contributed by atoms with Gasteiger partial charge in [0.15, 0.2) is 6.54 Å². The maximum absolute atomic E-state index is 11.6. The van der Waals surface area contributed by atoms with Crippen molar-refractivity contribution in [1.82, 2.24) is 0 Å². The lowest BCUT2D eigenvalue weighted by atomic mass is 10.00. The molecule has 2 aromatic rings. The number of benzene rings is 2. The predicted octanol–water partition coefficient (Wildman–Crippen LogP) is 3.61. The first-order valence-electron chi connectivity index (χ1n) is 8.74. The number of nitrogens with zero attached hydrogens (tertiary/aromatic N) is 2. The molecule has 1 atom stereocenters. The van der Waals surface area contributed by atoms with Crippen LogP contribution < -0.4 is 9.64 Å². The molecule has 5 heteroatoms. The van der Waals surface area contributed by atoms with Crippen LogP contribution in [0.5, 0.6) is 5.75 Å². The van der Waals surface area contributed by atoms with Crippen molar-refractivity contribution in [2.45, 2.75) is 25.5 Å². The van der Waals surface area contributed by atoms with Gasteiger partial charge in [0.1, 0.15) is 11.4 Å². The first-order valence-corrected chi connectivity index (χ1v) is 9.12. The van der Waals surface area contributed by atoms with Crippen LogP contribution in [0.4, 0.5) is 5.69 Å². The van der Waals surface area contributed by atoms with Crippen LogP contribution in [0.3, 0.4) is 0 Å². The molecule has 1 N–H and O–H groups in total. The summed E-state index contributed by atoms with van der Waals surface area (Å²) >= 11 is 6.04. The second kappa shape index (κ2) is 6.36. The largest absolute Gasteiger partial charge is 0.494 e. The Kier molecular flexibility index (Phi) is 4.18. The molecule has 2 aromatic carbocycles. The molecule has 0 bridgehead atoms. The number of aliphatic hydroxyl groups is 1. The summed E-state index contributed by atoms with van der Waals surface area (Å²) in [6, 6.07) is 15.4. The topological polar surface area (TPSA) is 35.7 Å². The van der Waals surface area contributed by atoms with Gasteiger partial charge < -0.3 is 9.84 Å². The van der Waals surface area contributed by atoms with Gasteiger partial charge in [0.05, 0.1) is 19.6 Å². The third kappa shape index (κ3) is 2.79. The number of halogens is 1. The smallest absolute Gasteiger partial charge is 0.275 e. The molecule has 2 aliphatic heterocycles. The molecule has 4 nitrogen and oxygen atoms in total. The third-order valence-electron chi connectivity index (χ3n) is 4.95. The van der Waals surface area contributed by atoms with Gasteiger partial charge in [0.2, 0.25) is 0 Å². The Hall–Kier alpha value is -2.04. The molecule has 0 aliphatic carbocycles. The van der Waals surface area contributed by atoms with Crippen LogP contribution >= 0.6 is 11.6 Å². The molecule has 130 valence electrons. The van der Waals surface area contributed by atoms with Crippen molar-refractivity contribution in [1.29, 1.82) is 0 Å². The Morgan fingerprint density at radius 1 is 1.16 bits per heavy atom. The summed E-state index contributed by atoms with van der Waals surface area (Å²) in [4.78, 5) is 2.07. The Morgan fingerprint density at radius 2 is 1.88 bits per heavy atom. The van der Waals surface area contributed by atoms with Crippen molar-refractivity contribution in [2.75, 3.05) is 24.6 Å². The van der Waals surface area contributed by atoms with Crippen molar-refractivity contribution < 1.29 is 14.4 Å². The number of hydrogen-bond donors (Lipinski definition) is 1. The average Bonchev–Trinajstić information content (AvgIpc) is 3.15. The van der Waals surface area contributed by atoms with E-state index in [-0.39, 0.29) is 0 Å². The number of amidine groups is 1. The van der Waals surface area contributed by atoms with Crippen LogP contribution in [0.15, 0.2) is 48.5 Å². The van der Waals surface area contributed by atoms with Crippen molar-refractivity contribution in [3.8, 4) is 5.75 Å². The number of hydrogen-bond acceptors (Lipinski definition) is 3. The van der Waals surface area contributed by atoms with Crippen LogP contribution in [0.2, 0.25) is 5.02 Å². The summed E-state index contributed by atoms with van der Waals surface area (Å²) in [6.45, 7) is 4.17. The van der Waals surface area contributed by atoms with E-state index in [9.17, 15) is 5.11 Å². The van der Waals surface area contributed by atoms with Gasteiger partial charge in [-0.15, -0.1) is 0 Å². The molecule has 0 amide bonds. The quantitative estimate of drug-likeness (QED) is 0.849. The van der Waals surface area contributed by atoms with Crippen LogP contribution in [0, 0.1) is 0 Å². The monoisotopic (exact) mass is 357 g/mol. The lowest BCUT2D eigenvalue weighted by Gasteiger charge is -2.29. The SMILES string of the molecule is CCOc1ccc(N2C3=[N+](CCC3)C[C@@]2(O)c2ccc(Cl)cc2)cc1. The minimum Gasteiger partial charge on any atom is -0.494 e. The molecule has 25 heavy (non-hydrogen) atoms. The summed E-state index contributed by atoms with van der Waals surface area (Å²) in [5.74, 6) is 2.02. The number of ether oxygens (including phenoxy) is 1. The lowest BCUT2D eigenvalue weighted by Crippen LogP contribution is -2.47. The van der Waals surface area contributed by atoms with E-state index >= 15 is 0 Å². The molecule has 0 spiro atoms. The highest BCUT2D eigenvalue weighted by Crippen LogP contribution is 2.39. The van der Waals surface area contributed by atoms with Gasteiger partial charge in [-0.2, -0.15) is 4.90 Å². The van der Waals surface area contributed by atoms with E-state index in [2.05, 4.69) is 9.48 Å². The molecule has 0 aromatic heterocycles. The molecule has 2 aliphatic rings. The highest BCUT2D eigenvalue weighted by Gasteiger charge is 2.55. The molecule has 4 rings (SSSR count). The van der Waals surface area contributed by atoms with Gasteiger partial charge in [-0.1, -0.05) is 23.7 Å². The Balaban J connectivity index is 1.75. The average molecular weight is 358 g/mol. The van der Waals surface area contributed by atoms with Gasteiger partial charge in [-0.05, 0) is 49.7 Å². The fourth-order valence-corrected chi connectivity index (χ4v) is 3.97. The zero-order valence-electron chi connectivity index (χ0n) is 14.3. The first kappa shape index (κ1) is 16.4. The van der Waals surface area contributed by atoms with Crippen molar-refractivity contribution in [3.63, 3.8) is 0 Å². The van der Waals surface area contributed by atoms with E-state index in [0.29, 0.717) is 18.2 Å². The van der Waals surface area contributed by atoms with E-state index in [1.54, 1.807) is 0 Å². The second-order valence-corrected chi connectivity index (χ2v) is 6.96. The minimum atomic E-state index is -1.09. The Labute approximate surface area is 152 Å². The van der Waals surface area contributed by atoms with E-state index in [1.165, 1.54) is 5.84 Å². The highest BCUT2D eigenvalue weighted by atomic mass is 35.5. The molecule has 0 radical (unpaired) electrons. The van der Waals surface area contributed by atoms with Crippen molar-refractivity contribution in [2.24, 2.45) is 0 Å². The lowest BCUT2D eigenvalue weighted by molar-refractivity contribution is -0.526. The Morgan fingerprint density at radius 3 is 2.56 bits per heavy atom. The summed E-state index contributed by atoms with van der Waals surface area (Å²) in [5, 5.41) is 12.3. The second-order valence-electron chi connectivity index (χ2n) is 6.53. The number of anilines is 1. The minimum absolute atomic E-state index is 0.567. The zero-order chi connectivity index (χ0) is 17.4. The van der Waals surface area contributed by atoms with Gasteiger partial charge >= 0.3 is 0 Å². The fraction of sp³-hybridized carbons (Fsp3) is 0.350. The van der Waals surface area contributed by atoms with Crippen LogP contribution in [0.1, 0.15) is 25.3 Å². The molecule has 2 heterocycles. The molecular weight excluding hydrogens is 336 g/mol. The third-order valence-corrected chi connectivity index (χ3v) is 5.20. The van der Waals surface area contributed by atoms with E-state index in [0.717, 1.165) is 36.4 Å². The van der Waals surface area contributed by atoms with Gasteiger partial charge in [0.25, 0.3) is 11.6 Å². The summed E-state index contributed by atoms with van der Waals surface area (Å²) in [6.07, 6.45) is 2.10. The predicted molar refractivity (Wildman–Crippen MR) is 99.7 cm³/mol. The van der Waals surface area contributed by atoms with E-state index < -0.39 is 5.72 Å². The highest BCUT2D eigenvalue weighted by molar-refractivity contribution is 6.30. The maximum Gasteiger partial charge on any atom is 0.275 e. The molecule has 0 fully saturated rings. The van der Waals surface area contributed by atoms with Crippen LogP contribution in [-0.2, 0) is 5.72 Å². The van der Waals surface area contributed by atoms with Crippen molar-refractivity contribution in [3.05, 3.63) is 59.1 Å². The maximum atomic E-state index is 11.6. The first-order chi connectivity index (χ1) is 12.1. The fourth-order valence-electron chi connectivity index (χ4n) is 3.85. The van der Waals surface area contributed by atoms with Crippen LogP contribution in [-0.4, -0.2) is 35.2 Å². The normalized spacial score (nSPS) is 22.4. The molecule has 0 saturated heterocycles. The summed E-state index contributed by atoms with van der Waals surface area (Å²) in [7, 11) is 0. The molecular formula is C20H22ClN2O2+. The zero-order valence-corrected chi connectivity index (χ0v) is 15.0. The van der Waals surface area contributed by atoms with Gasteiger partial charge in [-0.25, -0.2) is 0 Å².